The molecule has 4 rings (SSSR count). The Hall–Kier alpha value is -3.17. The minimum atomic E-state index is -0.100. The molecule has 9 nitrogen and oxygen atoms in total. The Bertz CT molecular complexity index is 1010. The van der Waals surface area contributed by atoms with Crippen molar-refractivity contribution >= 4 is 0 Å². The van der Waals surface area contributed by atoms with Crippen LogP contribution in [-0.2, 0) is 6.54 Å². The zero-order valence-electron chi connectivity index (χ0n) is 19.1. The fourth-order valence-corrected chi connectivity index (χ4v) is 4.05. The Kier molecular flexibility index (Phi) is 6.87. The van der Waals surface area contributed by atoms with Crippen LogP contribution in [0.3, 0.4) is 0 Å². The SMILES string of the molecule is COc1ccc(Cn2nnnc2[C@@H](c2ccc(OC)c(OC)c2)N2CCN(C)CC2)cc1. The van der Waals surface area contributed by atoms with Crippen LogP contribution >= 0.6 is 0 Å². The smallest absolute Gasteiger partial charge is 0.173 e. The van der Waals surface area contributed by atoms with E-state index in [2.05, 4.69) is 38.4 Å². The van der Waals surface area contributed by atoms with E-state index < -0.39 is 0 Å². The Morgan fingerprint density at radius 1 is 0.875 bits per heavy atom. The third-order valence-corrected chi connectivity index (χ3v) is 5.92. The maximum Gasteiger partial charge on any atom is 0.173 e. The van der Waals surface area contributed by atoms with Gasteiger partial charge in [-0.25, -0.2) is 4.68 Å². The molecule has 2 aromatic carbocycles. The molecule has 0 amide bonds. The minimum absolute atomic E-state index is 0.100. The zero-order valence-corrected chi connectivity index (χ0v) is 19.1. The molecule has 3 aromatic rings. The van der Waals surface area contributed by atoms with Gasteiger partial charge in [0.25, 0.3) is 0 Å². The average molecular weight is 439 g/mol. The van der Waals surface area contributed by atoms with Crippen molar-refractivity contribution in [1.82, 2.24) is 30.0 Å². The quantitative estimate of drug-likeness (QED) is 0.529. The molecule has 1 atom stereocenters. The molecule has 9 heteroatoms. The van der Waals surface area contributed by atoms with Gasteiger partial charge in [-0.1, -0.05) is 18.2 Å². The summed E-state index contributed by atoms with van der Waals surface area (Å²) in [5.74, 6) is 3.02. The molecule has 1 saturated heterocycles. The number of ether oxygens (including phenoxy) is 3. The maximum atomic E-state index is 5.57. The van der Waals surface area contributed by atoms with Crippen LogP contribution in [0.15, 0.2) is 42.5 Å². The summed E-state index contributed by atoms with van der Waals surface area (Å²) >= 11 is 0. The number of likely N-dealkylation sites (N-methyl/N-ethyl adjacent to an activating group) is 1. The van der Waals surface area contributed by atoms with Gasteiger partial charge in [-0.15, -0.1) is 5.10 Å². The largest absolute Gasteiger partial charge is 0.497 e. The summed E-state index contributed by atoms with van der Waals surface area (Å²) in [4.78, 5) is 4.76. The number of piperazine rings is 1. The number of aromatic nitrogens is 4. The van der Waals surface area contributed by atoms with E-state index in [-0.39, 0.29) is 6.04 Å². The number of methoxy groups -OCH3 is 3. The Morgan fingerprint density at radius 3 is 2.25 bits per heavy atom. The first-order chi connectivity index (χ1) is 15.6. The topological polar surface area (TPSA) is 77.8 Å². The van der Waals surface area contributed by atoms with Gasteiger partial charge in [-0.3, -0.25) is 4.90 Å². The number of tetrazole rings is 1. The van der Waals surface area contributed by atoms with Crippen molar-refractivity contribution in [1.29, 1.82) is 0 Å². The van der Waals surface area contributed by atoms with Gasteiger partial charge in [0.05, 0.1) is 33.9 Å². The lowest BCUT2D eigenvalue weighted by molar-refractivity contribution is 0.121. The fourth-order valence-electron chi connectivity index (χ4n) is 4.05. The molecule has 1 aliphatic rings. The lowest BCUT2D eigenvalue weighted by atomic mass is 10.0. The number of hydrogen-bond donors (Lipinski definition) is 0. The highest BCUT2D eigenvalue weighted by atomic mass is 16.5. The molecule has 0 spiro atoms. The highest BCUT2D eigenvalue weighted by Crippen LogP contribution is 2.35. The monoisotopic (exact) mass is 438 g/mol. The summed E-state index contributed by atoms with van der Waals surface area (Å²) in [6.07, 6.45) is 0. The van der Waals surface area contributed by atoms with Gasteiger partial charge in [-0.05, 0) is 52.9 Å². The van der Waals surface area contributed by atoms with Crippen LogP contribution < -0.4 is 14.2 Å². The number of benzene rings is 2. The van der Waals surface area contributed by atoms with E-state index in [0.717, 1.165) is 48.9 Å². The summed E-state index contributed by atoms with van der Waals surface area (Å²) in [7, 11) is 7.11. The van der Waals surface area contributed by atoms with Crippen molar-refractivity contribution in [3.8, 4) is 17.2 Å². The molecule has 0 bridgehead atoms. The van der Waals surface area contributed by atoms with Crippen molar-refractivity contribution in [2.24, 2.45) is 0 Å². The second-order valence-corrected chi connectivity index (χ2v) is 7.90. The maximum absolute atomic E-state index is 5.57. The van der Waals surface area contributed by atoms with Crippen molar-refractivity contribution in [2.45, 2.75) is 12.6 Å². The first kappa shape index (κ1) is 22.0. The van der Waals surface area contributed by atoms with Crippen LogP contribution in [0.1, 0.15) is 23.0 Å². The molecule has 1 fully saturated rings. The molecule has 170 valence electrons. The van der Waals surface area contributed by atoms with E-state index in [9.17, 15) is 0 Å². The van der Waals surface area contributed by atoms with Crippen LogP contribution in [0.2, 0.25) is 0 Å². The van der Waals surface area contributed by atoms with Crippen LogP contribution in [0, 0.1) is 0 Å². The highest BCUT2D eigenvalue weighted by Gasteiger charge is 2.30. The molecule has 1 aliphatic heterocycles. The van der Waals surface area contributed by atoms with Gasteiger partial charge in [-0.2, -0.15) is 0 Å². The van der Waals surface area contributed by atoms with E-state index in [1.807, 2.05) is 41.1 Å². The number of hydrogen-bond acceptors (Lipinski definition) is 8. The molecule has 32 heavy (non-hydrogen) atoms. The molecular weight excluding hydrogens is 408 g/mol. The molecule has 2 heterocycles. The van der Waals surface area contributed by atoms with Crippen molar-refractivity contribution in [3.63, 3.8) is 0 Å². The van der Waals surface area contributed by atoms with Crippen molar-refractivity contribution in [3.05, 3.63) is 59.4 Å². The van der Waals surface area contributed by atoms with Gasteiger partial charge in [0.1, 0.15) is 5.75 Å². The van der Waals surface area contributed by atoms with E-state index in [1.165, 1.54) is 0 Å². The molecular formula is C23H30N6O3. The minimum Gasteiger partial charge on any atom is -0.497 e. The molecule has 0 radical (unpaired) electrons. The van der Waals surface area contributed by atoms with E-state index in [0.29, 0.717) is 18.0 Å². The second-order valence-electron chi connectivity index (χ2n) is 7.90. The lowest BCUT2D eigenvalue weighted by Gasteiger charge is -2.37. The molecule has 1 aromatic heterocycles. The molecule has 0 aliphatic carbocycles. The number of rotatable bonds is 8. The van der Waals surface area contributed by atoms with E-state index in [1.54, 1.807) is 21.3 Å². The van der Waals surface area contributed by atoms with E-state index >= 15 is 0 Å². The van der Waals surface area contributed by atoms with Crippen molar-refractivity contribution in [2.75, 3.05) is 54.6 Å². The molecule has 0 saturated carbocycles. The predicted octanol–water partition coefficient (Wildman–Crippen LogP) is 2.08. The summed E-state index contributed by atoms with van der Waals surface area (Å²) in [5, 5.41) is 12.8. The van der Waals surface area contributed by atoms with Crippen LogP contribution in [0.25, 0.3) is 0 Å². The summed E-state index contributed by atoms with van der Waals surface area (Å²) in [6, 6.07) is 13.9. The third kappa shape index (κ3) is 4.68. The first-order valence-electron chi connectivity index (χ1n) is 10.7. The summed E-state index contributed by atoms with van der Waals surface area (Å²) in [5.41, 5.74) is 2.17. The predicted molar refractivity (Wildman–Crippen MR) is 120 cm³/mol. The summed E-state index contributed by atoms with van der Waals surface area (Å²) in [6.45, 7) is 4.40. The lowest BCUT2D eigenvalue weighted by Crippen LogP contribution is -2.46. The molecule has 0 N–H and O–H groups in total. The van der Waals surface area contributed by atoms with Gasteiger partial charge >= 0.3 is 0 Å². The van der Waals surface area contributed by atoms with Crippen LogP contribution in [-0.4, -0.2) is 84.6 Å². The third-order valence-electron chi connectivity index (χ3n) is 5.92. The van der Waals surface area contributed by atoms with Crippen LogP contribution in [0.4, 0.5) is 0 Å². The first-order valence-corrected chi connectivity index (χ1v) is 10.7. The number of nitrogens with zero attached hydrogens (tertiary/aromatic N) is 6. The summed E-state index contributed by atoms with van der Waals surface area (Å²) < 4.78 is 18.2. The molecule has 0 unspecified atom stereocenters. The van der Waals surface area contributed by atoms with E-state index in [4.69, 9.17) is 14.2 Å². The highest BCUT2D eigenvalue weighted by molar-refractivity contribution is 5.45. The zero-order chi connectivity index (χ0) is 22.5. The fraction of sp³-hybridized carbons (Fsp3) is 0.435. The van der Waals surface area contributed by atoms with Gasteiger partial charge in [0.15, 0.2) is 17.3 Å². The van der Waals surface area contributed by atoms with Crippen molar-refractivity contribution < 1.29 is 14.2 Å². The van der Waals surface area contributed by atoms with Gasteiger partial charge in [0, 0.05) is 26.2 Å². The van der Waals surface area contributed by atoms with Crippen LogP contribution in [0.5, 0.6) is 17.2 Å². The normalized spacial score (nSPS) is 16.0. The second kappa shape index (κ2) is 9.97. The van der Waals surface area contributed by atoms with Gasteiger partial charge in [0.2, 0.25) is 0 Å². The Morgan fingerprint density at radius 2 is 1.59 bits per heavy atom. The van der Waals surface area contributed by atoms with Gasteiger partial charge < -0.3 is 19.1 Å². The Labute approximate surface area is 188 Å². The Balaban J connectivity index is 1.70. The average Bonchev–Trinajstić information content (AvgIpc) is 3.28. The standard InChI is InChI=1S/C23H30N6O3/c1-27-11-13-28(14-12-27)22(18-7-10-20(31-3)21(15-18)32-4)23-24-25-26-29(23)16-17-5-8-19(30-2)9-6-17/h5-10,15,22H,11-14,16H2,1-4H3/t22-/m1/s1.